The van der Waals surface area contributed by atoms with Crippen LogP contribution in [0.15, 0.2) is 30.5 Å². The standard InChI is InChI=1S/C17H22N2O/c1-2-4-17-16(3-1)14(9-18-15-7-8-15)10-19(17)12-20-11-13-5-6-13/h1-4,10,13,15,18H,5-9,11-12H2. The zero-order valence-corrected chi connectivity index (χ0v) is 11.8. The molecule has 0 atom stereocenters. The Balaban J connectivity index is 1.51. The Morgan fingerprint density at radius 2 is 2.00 bits per heavy atom. The van der Waals surface area contributed by atoms with Gasteiger partial charge in [-0.25, -0.2) is 0 Å². The van der Waals surface area contributed by atoms with Gasteiger partial charge in [0.15, 0.2) is 0 Å². The fraction of sp³-hybridized carbons (Fsp3) is 0.529. The number of ether oxygens (including phenoxy) is 1. The third-order valence-corrected chi connectivity index (χ3v) is 4.31. The minimum Gasteiger partial charge on any atom is -0.360 e. The predicted octanol–water partition coefficient (Wildman–Crippen LogP) is 3.28. The SMILES string of the molecule is c1ccc2c(c1)c(CNC1CC1)cn2COCC1CC1. The smallest absolute Gasteiger partial charge is 0.122 e. The van der Waals surface area contributed by atoms with Gasteiger partial charge in [-0.2, -0.15) is 0 Å². The van der Waals surface area contributed by atoms with Crippen LogP contribution in [0.4, 0.5) is 0 Å². The van der Waals surface area contributed by atoms with Gasteiger partial charge in [-0.05, 0) is 43.2 Å². The largest absolute Gasteiger partial charge is 0.360 e. The summed E-state index contributed by atoms with van der Waals surface area (Å²) in [7, 11) is 0. The number of aromatic nitrogens is 1. The summed E-state index contributed by atoms with van der Waals surface area (Å²) in [5.41, 5.74) is 2.68. The van der Waals surface area contributed by atoms with Crippen LogP contribution in [-0.4, -0.2) is 17.2 Å². The molecular formula is C17H22N2O. The van der Waals surface area contributed by atoms with Crippen LogP contribution in [-0.2, 0) is 18.0 Å². The number of benzene rings is 1. The van der Waals surface area contributed by atoms with Crippen LogP contribution < -0.4 is 5.32 Å². The van der Waals surface area contributed by atoms with Crippen molar-refractivity contribution in [3.05, 3.63) is 36.0 Å². The monoisotopic (exact) mass is 270 g/mol. The van der Waals surface area contributed by atoms with Crippen LogP contribution in [0.3, 0.4) is 0 Å². The molecular weight excluding hydrogens is 248 g/mol. The van der Waals surface area contributed by atoms with E-state index in [4.69, 9.17) is 4.74 Å². The van der Waals surface area contributed by atoms with E-state index in [1.807, 2.05) is 0 Å². The molecule has 1 aromatic heterocycles. The van der Waals surface area contributed by atoms with E-state index >= 15 is 0 Å². The maximum Gasteiger partial charge on any atom is 0.122 e. The highest BCUT2D eigenvalue weighted by Crippen LogP contribution is 2.29. The van der Waals surface area contributed by atoms with E-state index in [0.29, 0.717) is 6.73 Å². The molecule has 0 amide bonds. The maximum absolute atomic E-state index is 5.85. The molecule has 2 fully saturated rings. The van der Waals surface area contributed by atoms with E-state index < -0.39 is 0 Å². The Hall–Kier alpha value is -1.32. The third kappa shape index (κ3) is 2.74. The quantitative estimate of drug-likeness (QED) is 0.835. The van der Waals surface area contributed by atoms with Gasteiger partial charge in [0.25, 0.3) is 0 Å². The van der Waals surface area contributed by atoms with E-state index in [-0.39, 0.29) is 0 Å². The van der Waals surface area contributed by atoms with E-state index in [0.717, 1.165) is 25.1 Å². The van der Waals surface area contributed by atoms with Crippen molar-refractivity contribution in [3.8, 4) is 0 Å². The van der Waals surface area contributed by atoms with Crippen molar-refractivity contribution in [2.24, 2.45) is 5.92 Å². The number of hydrogen-bond acceptors (Lipinski definition) is 2. The van der Waals surface area contributed by atoms with Gasteiger partial charge in [0.05, 0.1) is 12.1 Å². The molecule has 2 saturated carbocycles. The lowest BCUT2D eigenvalue weighted by atomic mass is 10.2. The van der Waals surface area contributed by atoms with Crippen LogP contribution in [0.1, 0.15) is 31.2 Å². The second-order valence-electron chi connectivity index (χ2n) is 6.24. The Morgan fingerprint density at radius 1 is 1.15 bits per heavy atom. The zero-order valence-electron chi connectivity index (χ0n) is 11.8. The van der Waals surface area contributed by atoms with E-state index in [1.165, 1.54) is 42.1 Å². The predicted molar refractivity (Wildman–Crippen MR) is 80.5 cm³/mol. The first-order valence-electron chi connectivity index (χ1n) is 7.78. The van der Waals surface area contributed by atoms with Gasteiger partial charge in [0.1, 0.15) is 6.73 Å². The molecule has 4 rings (SSSR count). The zero-order chi connectivity index (χ0) is 13.4. The fourth-order valence-corrected chi connectivity index (χ4v) is 2.71. The van der Waals surface area contributed by atoms with Gasteiger partial charge >= 0.3 is 0 Å². The van der Waals surface area contributed by atoms with Gasteiger partial charge in [-0.3, -0.25) is 0 Å². The molecule has 2 aliphatic carbocycles. The van der Waals surface area contributed by atoms with E-state index in [9.17, 15) is 0 Å². The van der Waals surface area contributed by atoms with Crippen LogP contribution in [0.25, 0.3) is 10.9 Å². The van der Waals surface area contributed by atoms with Crippen molar-refractivity contribution in [2.75, 3.05) is 6.61 Å². The molecule has 0 aliphatic heterocycles. The minimum absolute atomic E-state index is 0.681. The number of nitrogens with zero attached hydrogens (tertiary/aromatic N) is 1. The Kier molecular flexibility index (Phi) is 3.25. The highest BCUT2D eigenvalue weighted by Gasteiger charge is 2.22. The summed E-state index contributed by atoms with van der Waals surface area (Å²) >= 11 is 0. The Morgan fingerprint density at radius 3 is 2.80 bits per heavy atom. The Bertz CT molecular complexity index is 596. The van der Waals surface area contributed by atoms with Crippen molar-refractivity contribution in [1.82, 2.24) is 9.88 Å². The summed E-state index contributed by atoms with van der Waals surface area (Å²) in [6, 6.07) is 9.40. The van der Waals surface area contributed by atoms with Crippen molar-refractivity contribution in [3.63, 3.8) is 0 Å². The lowest BCUT2D eigenvalue weighted by molar-refractivity contribution is 0.0717. The lowest BCUT2D eigenvalue weighted by Gasteiger charge is -2.06. The number of rotatable bonds is 7. The highest BCUT2D eigenvalue weighted by molar-refractivity contribution is 5.83. The molecule has 2 aromatic rings. The molecule has 3 heteroatoms. The summed E-state index contributed by atoms with van der Waals surface area (Å²) in [6.45, 7) is 2.57. The van der Waals surface area contributed by atoms with Crippen LogP contribution in [0.2, 0.25) is 0 Å². The Labute approximate surface area is 119 Å². The first-order chi connectivity index (χ1) is 9.90. The molecule has 0 spiro atoms. The van der Waals surface area contributed by atoms with Crippen molar-refractivity contribution in [1.29, 1.82) is 0 Å². The fourth-order valence-electron chi connectivity index (χ4n) is 2.71. The minimum atomic E-state index is 0.681. The molecule has 2 aliphatic rings. The summed E-state index contributed by atoms with van der Waals surface area (Å²) in [5.74, 6) is 0.827. The average molecular weight is 270 g/mol. The molecule has 0 bridgehead atoms. The molecule has 0 unspecified atom stereocenters. The average Bonchev–Trinajstić information content (AvgIpc) is 3.37. The molecule has 3 nitrogen and oxygen atoms in total. The summed E-state index contributed by atoms with van der Waals surface area (Å²) < 4.78 is 8.10. The highest BCUT2D eigenvalue weighted by atomic mass is 16.5. The van der Waals surface area contributed by atoms with Crippen molar-refractivity contribution >= 4 is 10.9 Å². The molecule has 1 heterocycles. The molecule has 0 radical (unpaired) electrons. The third-order valence-electron chi connectivity index (χ3n) is 4.31. The number of fused-ring (bicyclic) bond motifs is 1. The van der Waals surface area contributed by atoms with Crippen LogP contribution >= 0.6 is 0 Å². The normalized spacial score (nSPS) is 18.8. The molecule has 106 valence electrons. The van der Waals surface area contributed by atoms with Crippen LogP contribution in [0, 0.1) is 5.92 Å². The van der Waals surface area contributed by atoms with E-state index in [1.54, 1.807) is 0 Å². The lowest BCUT2D eigenvalue weighted by Crippen LogP contribution is -2.15. The first-order valence-corrected chi connectivity index (χ1v) is 7.78. The van der Waals surface area contributed by atoms with Crippen molar-refractivity contribution in [2.45, 2.75) is 45.0 Å². The second-order valence-corrected chi connectivity index (χ2v) is 6.24. The second kappa shape index (κ2) is 5.23. The van der Waals surface area contributed by atoms with Gasteiger partial charge in [0, 0.05) is 24.2 Å². The van der Waals surface area contributed by atoms with E-state index in [2.05, 4.69) is 40.3 Å². The molecule has 20 heavy (non-hydrogen) atoms. The number of hydrogen-bond donors (Lipinski definition) is 1. The van der Waals surface area contributed by atoms with Gasteiger partial charge in [-0.15, -0.1) is 0 Å². The topological polar surface area (TPSA) is 26.2 Å². The van der Waals surface area contributed by atoms with Crippen LogP contribution in [0.5, 0.6) is 0 Å². The number of para-hydroxylation sites is 1. The maximum atomic E-state index is 5.85. The van der Waals surface area contributed by atoms with Gasteiger partial charge in [0.2, 0.25) is 0 Å². The molecule has 1 aromatic carbocycles. The summed E-state index contributed by atoms with van der Waals surface area (Å²) in [4.78, 5) is 0. The van der Waals surface area contributed by atoms with Gasteiger partial charge in [-0.1, -0.05) is 18.2 Å². The van der Waals surface area contributed by atoms with Gasteiger partial charge < -0.3 is 14.6 Å². The summed E-state index contributed by atoms with van der Waals surface area (Å²) in [6.07, 6.45) is 7.63. The number of nitrogens with one attached hydrogen (secondary N) is 1. The summed E-state index contributed by atoms with van der Waals surface area (Å²) in [5, 5.41) is 4.97. The molecule has 0 saturated heterocycles. The van der Waals surface area contributed by atoms with Crippen molar-refractivity contribution < 1.29 is 4.74 Å². The molecule has 1 N–H and O–H groups in total. The first kappa shape index (κ1) is 12.4.